The minimum absolute atomic E-state index is 0.0815. The standard InChI is InChI=1S/C10H16ClN2O13P3S/c1-4-2-13(10(30)12-8(4)15)9-6(11)7(14)5(24-9)3-23-28(19,20)26-29(21,22)25-27(16,17)18/h2,5-7,9,14H,3H2,1H3,(H,19,20)(H,21,22)(H,12,15,30)(H2,16,17,18)/t5-,6+,7?,9-/m0/s1. The third-order valence-electron chi connectivity index (χ3n) is 3.53. The quantitative estimate of drug-likeness (QED) is 0.151. The number of aromatic nitrogens is 2. The molecule has 6 N–H and O–H groups in total. The molecule has 20 heteroatoms. The number of phosphoric ester groups is 1. The maximum absolute atomic E-state index is 11.8. The van der Waals surface area contributed by atoms with Crippen LogP contribution in [-0.2, 0) is 31.6 Å². The number of nitrogens with one attached hydrogen (secondary N) is 1. The molecule has 3 unspecified atom stereocenters. The Hall–Kier alpha value is -0.280. The minimum atomic E-state index is -5.68. The molecule has 1 fully saturated rings. The number of aliphatic hydroxyl groups is 1. The van der Waals surface area contributed by atoms with Crippen molar-refractivity contribution in [2.24, 2.45) is 0 Å². The number of hydrogen-bond acceptors (Lipinski definition) is 10. The van der Waals surface area contributed by atoms with Gasteiger partial charge in [-0.3, -0.25) is 18.9 Å². The van der Waals surface area contributed by atoms with Crippen molar-refractivity contribution in [2.45, 2.75) is 30.7 Å². The zero-order chi connectivity index (χ0) is 23.1. The monoisotopic (exact) mass is 532 g/mol. The molecule has 0 saturated carbocycles. The summed E-state index contributed by atoms with van der Waals surface area (Å²) in [7, 11) is -16.6. The van der Waals surface area contributed by atoms with E-state index in [1.54, 1.807) is 0 Å². The van der Waals surface area contributed by atoms with E-state index >= 15 is 0 Å². The van der Waals surface area contributed by atoms with Gasteiger partial charge in [-0.1, -0.05) is 0 Å². The van der Waals surface area contributed by atoms with Gasteiger partial charge in [-0.15, -0.1) is 11.6 Å². The summed E-state index contributed by atoms with van der Waals surface area (Å²) in [5.74, 6) is 0. The van der Waals surface area contributed by atoms with Crippen molar-refractivity contribution in [3.05, 3.63) is 26.9 Å². The van der Waals surface area contributed by atoms with Crippen LogP contribution >= 0.6 is 47.3 Å². The molecule has 1 aromatic heterocycles. The Bertz CT molecular complexity index is 1050. The number of phosphoric acid groups is 3. The highest BCUT2D eigenvalue weighted by atomic mass is 35.5. The number of H-pyrrole nitrogens is 1. The fraction of sp³-hybridized carbons (Fsp3) is 0.600. The fourth-order valence-electron chi connectivity index (χ4n) is 2.31. The molecule has 0 aliphatic carbocycles. The van der Waals surface area contributed by atoms with E-state index in [9.17, 15) is 28.5 Å². The molecule has 172 valence electrons. The van der Waals surface area contributed by atoms with Crippen molar-refractivity contribution in [1.82, 2.24) is 9.55 Å². The van der Waals surface area contributed by atoms with Crippen LogP contribution < -0.4 is 5.56 Å². The number of rotatable bonds is 8. The first-order valence-corrected chi connectivity index (χ1v) is 13.0. The Kier molecular flexibility index (Phi) is 8.05. The van der Waals surface area contributed by atoms with E-state index in [1.165, 1.54) is 17.7 Å². The van der Waals surface area contributed by atoms with Gasteiger partial charge in [0.05, 0.1) is 6.61 Å². The number of alkyl halides is 1. The van der Waals surface area contributed by atoms with E-state index in [0.29, 0.717) is 0 Å². The molecule has 0 aromatic carbocycles. The molecule has 0 bridgehead atoms. The van der Waals surface area contributed by atoms with Gasteiger partial charge in [-0.2, -0.15) is 8.62 Å². The molecule has 15 nitrogen and oxygen atoms in total. The molecule has 6 atom stereocenters. The van der Waals surface area contributed by atoms with Crippen LogP contribution in [-0.4, -0.2) is 58.4 Å². The van der Waals surface area contributed by atoms with Crippen LogP contribution in [0.5, 0.6) is 0 Å². The molecular formula is C10H16ClN2O13P3S. The normalized spacial score (nSPS) is 28.8. The molecule has 1 saturated heterocycles. The lowest BCUT2D eigenvalue weighted by Crippen LogP contribution is -2.31. The lowest BCUT2D eigenvalue weighted by Gasteiger charge is -2.19. The minimum Gasteiger partial charge on any atom is -0.389 e. The number of aromatic amines is 1. The van der Waals surface area contributed by atoms with Crippen LogP contribution in [0.4, 0.5) is 0 Å². The van der Waals surface area contributed by atoms with Gasteiger partial charge in [-0.05, 0) is 19.1 Å². The Labute approximate surface area is 177 Å². The van der Waals surface area contributed by atoms with Gasteiger partial charge >= 0.3 is 23.5 Å². The summed E-state index contributed by atoms with van der Waals surface area (Å²) in [6, 6.07) is 0. The summed E-state index contributed by atoms with van der Waals surface area (Å²) in [6.07, 6.45) is -2.66. The van der Waals surface area contributed by atoms with Gasteiger partial charge < -0.3 is 29.4 Å². The largest absolute Gasteiger partial charge is 0.490 e. The summed E-state index contributed by atoms with van der Waals surface area (Å²) in [4.78, 5) is 49.5. The van der Waals surface area contributed by atoms with E-state index in [4.69, 9.17) is 43.2 Å². The van der Waals surface area contributed by atoms with E-state index in [0.717, 1.165) is 0 Å². The van der Waals surface area contributed by atoms with Crippen molar-refractivity contribution in [3.8, 4) is 0 Å². The highest BCUT2D eigenvalue weighted by molar-refractivity contribution is 7.71. The van der Waals surface area contributed by atoms with Crippen LogP contribution in [0.1, 0.15) is 11.8 Å². The van der Waals surface area contributed by atoms with Crippen molar-refractivity contribution in [1.29, 1.82) is 0 Å². The van der Waals surface area contributed by atoms with Crippen molar-refractivity contribution >= 4 is 47.3 Å². The van der Waals surface area contributed by atoms with Crippen molar-refractivity contribution < 1.29 is 56.3 Å². The average Bonchev–Trinajstić information content (AvgIpc) is 2.81. The molecule has 1 aliphatic heterocycles. The Balaban J connectivity index is 2.09. The number of nitrogens with zero attached hydrogens (tertiary/aromatic N) is 1. The molecular weight excluding hydrogens is 517 g/mol. The lowest BCUT2D eigenvalue weighted by molar-refractivity contribution is -0.0443. The van der Waals surface area contributed by atoms with Gasteiger partial charge in [0.15, 0.2) is 11.0 Å². The second-order valence-corrected chi connectivity index (χ2v) is 11.2. The van der Waals surface area contributed by atoms with Gasteiger partial charge in [0.25, 0.3) is 5.56 Å². The lowest BCUT2D eigenvalue weighted by atomic mass is 10.2. The first-order valence-electron chi connectivity index (χ1n) is 7.59. The Morgan fingerprint density at radius 1 is 1.23 bits per heavy atom. The summed E-state index contributed by atoms with van der Waals surface area (Å²) in [5.41, 5.74) is -0.201. The van der Waals surface area contributed by atoms with Crippen molar-refractivity contribution in [3.63, 3.8) is 0 Å². The van der Waals surface area contributed by atoms with Crippen molar-refractivity contribution in [2.75, 3.05) is 6.61 Å². The third kappa shape index (κ3) is 6.86. The fourth-order valence-corrected chi connectivity index (χ4v) is 5.93. The van der Waals surface area contributed by atoms with Crippen LogP contribution in [0.3, 0.4) is 0 Å². The van der Waals surface area contributed by atoms with Gasteiger partial charge in [0, 0.05) is 11.8 Å². The number of aryl methyl sites for hydroxylation is 1. The molecule has 0 radical (unpaired) electrons. The van der Waals surface area contributed by atoms with E-state index in [-0.39, 0.29) is 10.3 Å². The summed E-state index contributed by atoms with van der Waals surface area (Å²) < 4.78 is 51.8. The SMILES string of the molecule is Cc1cn([C@H]2O[C@@H](COP(=O)(O)OP(=O)(O)OP(=O)(O)O)C(O)[C@H]2Cl)c(=S)[nH]c1=O. The van der Waals surface area contributed by atoms with E-state index in [2.05, 4.69) is 18.1 Å². The predicted molar refractivity (Wildman–Crippen MR) is 100.0 cm³/mol. The molecule has 0 spiro atoms. The number of halogens is 1. The number of aliphatic hydroxyl groups excluding tert-OH is 1. The Morgan fingerprint density at radius 3 is 2.40 bits per heavy atom. The molecule has 0 amide bonds. The highest BCUT2D eigenvalue weighted by Gasteiger charge is 2.46. The zero-order valence-electron chi connectivity index (χ0n) is 14.7. The topological polar surface area (TPSA) is 227 Å². The first-order chi connectivity index (χ1) is 13.5. The molecule has 1 aliphatic rings. The van der Waals surface area contributed by atoms with Gasteiger partial charge in [-0.25, -0.2) is 13.7 Å². The number of hydrogen-bond donors (Lipinski definition) is 6. The molecule has 2 heterocycles. The van der Waals surface area contributed by atoms with Crippen LogP contribution in [0.25, 0.3) is 0 Å². The summed E-state index contributed by atoms with van der Waals surface area (Å²) in [5, 5.41) is 9.03. The average molecular weight is 533 g/mol. The highest BCUT2D eigenvalue weighted by Crippen LogP contribution is 2.66. The van der Waals surface area contributed by atoms with E-state index < -0.39 is 59.4 Å². The smallest absolute Gasteiger partial charge is 0.389 e. The second-order valence-electron chi connectivity index (χ2n) is 5.87. The maximum atomic E-state index is 11.8. The van der Waals surface area contributed by atoms with Crippen LogP contribution in [0.2, 0.25) is 0 Å². The van der Waals surface area contributed by atoms with Gasteiger partial charge in [0.2, 0.25) is 0 Å². The summed E-state index contributed by atoms with van der Waals surface area (Å²) in [6.45, 7) is 0.575. The van der Waals surface area contributed by atoms with Crippen LogP contribution in [0.15, 0.2) is 11.0 Å². The maximum Gasteiger partial charge on any atom is 0.490 e. The predicted octanol–water partition coefficient (Wildman–Crippen LogP) is 0.423. The number of ether oxygens (including phenoxy) is 1. The molecule has 1 aromatic rings. The summed E-state index contributed by atoms with van der Waals surface area (Å²) >= 11 is 11.1. The van der Waals surface area contributed by atoms with Gasteiger partial charge in [0.1, 0.15) is 17.6 Å². The molecule has 2 rings (SSSR count). The Morgan fingerprint density at radius 2 is 1.83 bits per heavy atom. The van der Waals surface area contributed by atoms with Crippen LogP contribution in [0, 0.1) is 11.7 Å². The third-order valence-corrected chi connectivity index (χ3v) is 8.12. The second kappa shape index (κ2) is 9.30. The van der Waals surface area contributed by atoms with E-state index in [1.807, 2.05) is 0 Å². The zero-order valence-corrected chi connectivity index (χ0v) is 18.9. The molecule has 30 heavy (non-hydrogen) atoms. The first kappa shape index (κ1) is 26.0.